The van der Waals surface area contributed by atoms with Crippen LogP contribution in [0.5, 0.6) is 0 Å². The van der Waals surface area contributed by atoms with Crippen molar-refractivity contribution in [1.82, 2.24) is 9.71 Å². The van der Waals surface area contributed by atoms with Gasteiger partial charge in [0.25, 0.3) is 0 Å². The fourth-order valence-corrected chi connectivity index (χ4v) is 4.71. The van der Waals surface area contributed by atoms with Gasteiger partial charge in [0.15, 0.2) is 9.46 Å². The van der Waals surface area contributed by atoms with E-state index in [1.54, 1.807) is 48.0 Å². The first-order valence-electron chi connectivity index (χ1n) is 7.97. The monoisotopic (exact) mass is 441 g/mol. The van der Waals surface area contributed by atoms with Gasteiger partial charge in [0, 0.05) is 11.6 Å². The van der Waals surface area contributed by atoms with E-state index in [0.29, 0.717) is 10.7 Å². The molecule has 0 saturated heterocycles. The van der Waals surface area contributed by atoms with Gasteiger partial charge in [0.1, 0.15) is 6.17 Å². The van der Waals surface area contributed by atoms with Crippen molar-refractivity contribution in [2.24, 2.45) is 0 Å². The number of nitrogens with zero attached hydrogens (tertiary/aromatic N) is 1. The molecular formula is C18H17Cl2N3O2S2. The molecule has 5 nitrogen and oxygen atoms in total. The molecule has 27 heavy (non-hydrogen) atoms. The van der Waals surface area contributed by atoms with Crippen LogP contribution < -0.4 is 10.0 Å². The highest BCUT2D eigenvalue weighted by atomic mass is 35.5. The van der Waals surface area contributed by atoms with E-state index >= 15 is 0 Å². The van der Waals surface area contributed by atoms with Gasteiger partial charge in [-0.25, -0.2) is 13.4 Å². The van der Waals surface area contributed by atoms with Gasteiger partial charge >= 0.3 is 0 Å². The number of thiazole rings is 1. The van der Waals surface area contributed by atoms with Crippen molar-refractivity contribution in [3.63, 3.8) is 0 Å². The van der Waals surface area contributed by atoms with Crippen LogP contribution in [0.3, 0.4) is 0 Å². The molecule has 3 aromatic rings. The van der Waals surface area contributed by atoms with E-state index in [2.05, 4.69) is 15.0 Å². The molecule has 1 atom stereocenters. The van der Waals surface area contributed by atoms with Crippen molar-refractivity contribution in [2.45, 2.75) is 22.3 Å². The van der Waals surface area contributed by atoms with Crippen molar-refractivity contribution in [1.29, 1.82) is 0 Å². The Morgan fingerprint density at radius 1 is 1.07 bits per heavy atom. The lowest BCUT2D eigenvalue weighted by Crippen LogP contribution is -2.50. The summed E-state index contributed by atoms with van der Waals surface area (Å²) in [5, 5.41) is 5.25. The van der Waals surface area contributed by atoms with Gasteiger partial charge in [0.05, 0.1) is 4.90 Å². The van der Waals surface area contributed by atoms with E-state index in [4.69, 9.17) is 23.2 Å². The molecule has 142 valence electrons. The van der Waals surface area contributed by atoms with Gasteiger partial charge < -0.3 is 5.32 Å². The van der Waals surface area contributed by atoms with Gasteiger partial charge in [0.2, 0.25) is 10.0 Å². The second-order valence-electron chi connectivity index (χ2n) is 5.84. The van der Waals surface area contributed by atoms with Gasteiger partial charge in [-0.3, -0.25) is 0 Å². The van der Waals surface area contributed by atoms with E-state index in [-0.39, 0.29) is 4.90 Å². The number of aryl methyl sites for hydroxylation is 1. The number of hydrogen-bond acceptors (Lipinski definition) is 5. The predicted molar refractivity (Wildman–Crippen MR) is 111 cm³/mol. The van der Waals surface area contributed by atoms with Crippen LogP contribution in [-0.4, -0.2) is 19.6 Å². The van der Waals surface area contributed by atoms with Crippen LogP contribution in [-0.2, 0) is 14.4 Å². The molecule has 1 aromatic heterocycles. The molecule has 0 aliphatic carbocycles. The Labute approximate surface area is 172 Å². The lowest BCUT2D eigenvalue weighted by molar-refractivity contribution is 0.547. The maximum atomic E-state index is 12.9. The summed E-state index contributed by atoms with van der Waals surface area (Å²) in [5.41, 5.74) is 1.51. The van der Waals surface area contributed by atoms with Crippen LogP contribution in [0.2, 0.25) is 0 Å². The quantitative estimate of drug-likeness (QED) is 0.418. The number of benzene rings is 2. The Morgan fingerprint density at radius 2 is 1.74 bits per heavy atom. The standard InChI is InChI=1S/C18H17Cl2N3O2S2/c1-13-7-9-15(10-8-13)27(24,25)23-16(22-17-21-11-12-26-17)18(19,20)14-5-3-2-4-6-14/h2-12,16,23H,1H3,(H,21,22). The summed E-state index contributed by atoms with van der Waals surface area (Å²) in [5.74, 6) is 0. The third kappa shape index (κ3) is 4.80. The highest BCUT2D eigenvalue weighted by Gasteiger charge is 2.40. The van der Waals surface area contributed by atoms with E-state index < -0.39 is 20.5 Å². The molecule has 1 unspecified atom stereocenters. The molecule has 0 spiro atoms. The Balaban J connectivity index is 1.96. The fourth-order valence-electron chi connectivity index (χ4n) is 2.38. The van der Waals surface area contributed by atoms with Crippen LogP contribution in [0, 0.1) is 6.92 Å². The summed E-state index contributed by atoms with van der Waals surface area (Å²) in [6.07, 6.45) is 0.547. The molecule has 1 heterocycles. The minimum atomic E-state index is -3.88. The first-order chi connectivity index (χ1) is 12.8. The van der Waals surface area contributed by atoms with Gasteiger partial charge in [-0.15, -0.1) is 11.3 Å². The zero-order valence-corrected chi connectivity index (χ0v) is 17.4. The maximum Gasteiger partial charge on any atom is 0.242 e. The molecule has 0 amide bonds. The lowest BCUT2D eigenvalue weighted by Gasteiger charge is -2.31. The topological polar surface area (TPSA) is 71.1 Å². The summed E-state index contributed by atoms with van der Waals surface area (Å²) in [6.45, 7) is 1.88. The Kier molecular flexibility index (Phi) is 6.08. The third-order valence-electron chi connectivity index (χ3n) is 3.83. The van der Waals surface area contributed by atoms with Crippen LogP contribution in [0.15, 0.2) is 71.1 Å². The van der Waals surface area contributed by atoms with Crippen molar-refractivity contribution < 1.29 is 8.42 Å². The van der Waals surface area contributed by atoms with Gasteiger partial charge in [-0.1, -0.05) is 71.2 Å². The largest absolute Gasteiger partial charge is 0.342 e. The molecule has 2 aromatic carbocycles. The van der Waals surface area contributed by atoms with E-state index in [9.17, 15) is 8.42 Å². The third-order valence-corrected chi connectivity index (χ3v) is 6.84. The van der Waals surface area contributed by atoms with E-state index in [1.165, 1.54) is 23.5 Å². The molecule has 0 radical (unpaired) electrons. The zero-order chi connectivity index (χ0) is 19.5. The number of alkyl halides is 2. The number of hydrogen-bond donors (Lipinski definition) is 2. The van der Waals surface area contributed by atoms with Crippen molar-refractivity contribution >= 4 is 49.7 Å². The molecule has 2 N–H and O–H groups in total. The Bertz CT molecular complexity index is 977. The summed E-state index contributed by atoms with van der Waals surface area (Å²) in [4.78, 5) is 4.25. The lowest BCUT2D eigenvalue weighted by atomic mass is 10.1. The fraction of sp³-hybridized carbons (Fsp3) is 0.167. The number of sulfonamides is 1. The maximum absolute atomic E-state index is 12.9. The van der Waals surface area contributed by atoms with Crippen LogP contribution in [0.4, 0.5) is 5.13 Å². The number of anilines is 1. The normalized spacial score (nSPS) is 13.3. The number of rotatable bonds is 7. The van der Waals surface area contributed by atoms with Crippen molar-refractivity contribution in [3.05, 3.63) is 77.3 Å². The van der Waals surface area contributed by atoms with Crippen LogP contribution in [0.25, 0.3) is 0 Å². The zero-order valence-electron chi connectivity index (χ0n) is 14.3. The van der Waals surface area contributed by atoms with Gasteiger partial charge in [-0.05, 0) is 24.6 Å². The highest BCUT2D eigenvalue weighted by molar-refractivity contribution is 7.89. The average Bonchev–Trinajstić information content (AvgIpc) is 3.15. The Hall–Kier alpha value is -1.64. The summed E-state index contributed by atoms with van der Waals surface area (Å²) in [6, 6.07) is 15.4. The van der Waals surface area contributed by atoms with Crippen molar-refractivity contribution in [2.75, 3.05) is 5.32 Å². The van der Waals surface area contributed by atoms with Gasteiger partial charge in [-0.2, -0.15) is 4.72 Å². The first-order valence-corrected chi connectivity index (χ1v) is 11.1. The molecule has 0 bridgehead atoms. The van der Waals surface area contributed by atoms with E-state index in [0.717, 1.165) is 5.56 Å². The molecule has 0 aliphatic heterocycles. The Morgan fingerprint density at radius 3 is 2.33 bits per heavy atom. The summed E-state index contributed by atoms with van der Waals surface area (Å²) < 4.78 is 26.7. The van der Waals surface area contributed by atoms with Crippen LogP contribution >= 0.6 is 34.5 Å². The molecule has 9 heteroatoms. The van der Waals surface area contributed by atoms with Crippen LogP contribution in [0.1, 0.15) is 11.1 Å². The minimum Gasteiger partial charge on any atom is -0.342 e. The average molecular weight is 442 g/mol. The second-order valence-corrected chi connectivity index (χ2v) is 9.83. The molecule has 0 aliphatic rings. The number of halogens is 2. The smallest absolute Gasteiger partial charge is 0.242 e. The SMILES string of the molecule is Cc1ccc(S(=O)(=O)NC(Nc2nccs2)C(Cl)(Cl)c2ccccc2)cc1. The molecule has 0 fully saturated rings. The number of aromatic nitrogens is 1. The highest BCUT2D eigenvalue weighted by Crippen LogP contribution is 2.38. The molecule has 3 rings (SSSR count). The minimum absolute atomic E-state index is 0.122. The van der Waals surface area contributed by atoms with Crippen molar-refractivity contribution in [3.8, 4) is 0 Å². The molecule has 0 saturated carbocycles. The number of nitrogens with one attached hydrogen (secondary N) is 2. The molecular weight excluding hydrogens is 425 g/mol. The first kappa shape index (κ1) is 20.1. The van der Waals surface area contributed by atoms with E-state index in [1.807, 2.05) is 13.0 Å². The predicted octanol–water partition coefficient (Wildman–Crippen LogP) is 4.50. The summed E-state index contributed by atoms with van der Waals surface area (Å²) >= 11 is 14.5. The second kappa shape index (κ2) is 8.16. The summed E-state index contributed by atoms with van der Waals surface area (Å²) in [7, 11) is -3.88.